The molecule has 0 amide bonds. The van der Waals surface area contributed by atoms with Gasteiger partial charge in [-0.1, -0.05) is 18.2 Å². The Hall–Kier alpha value is -3.39. The number of fused-ring (bicyclic) bond motifs is 1. The Morgan fingerprint density at radius 3 is 2.77 bits per heavy atom. The number of aliphatic carboxylic acids is 1. The normalized spacial score (nSPS) is 20.1. The summed E-state index contributed by atoms with van der Waals surface area (Å²) < 4.78 is 5.26. The fourth-order valence-electron chi connectivity index (χ4n) is 4.52. The number of carbonyl (C=O) groups is 2. The summed E-state index contributed by atoms with van der Waals surface area (Å²) in [6, 6.07) is 11.4. The lowest BCUT2D eigenvalue weighted by Crippen LogP contribution is -2.29. The number of thiophene rings is 1. The maximum atomic E-state index is 13.4. The van der Waals surface area contributed by atoms with Crippen LogP contribution in [0.15, 0.2) is 53.0 Å². The molecule has 3 N–H and O–H groups in total. The maximum Gasteiger partial charge on any atom is 0.341 e. The van der Waals surface area contributed by atoms with E-state index in [0.29, 0.717) is 12.2 Å². The van der Waals surface area contributed by atoms with E-state index in [4.69, 9.17) is 9.84 Å². The van der Waals surface area contributed by atoms with Crippen LogP contribution in [0.2, 0.25) is 0 Å². The lowest BCUT2D eigenvalue weighted by atomic mass is 9.73. The van der Waals surface area contributed by atoms with Crippen molar-refractivity contribution in [3.05, 3.63) is 74.7 Å². The van der Waals surface area contributed by atoms with Gasteiger partial charge in [0.1, 0.15) is 5.75 Å². The number of anilines is 1. The van der Waals surface area contributed by atoms with E-state index in [0.717, 1.165) is 40.3 Å². The van der Waals surface area contributed by atoms with Gasteiger partial charge in [0.2, 0.25) is 0 Å². The molecule has 0 saturated carbocycles. The molecule has 0 saturated heterocycles. The highest BCUT2D eigenvalue weighted by Gasteiger charge is 2.40. The summed E-state index contributed by atoms with van der Waals surface area (Å²) in [5.41, 5.74) is 4.57. The molecule has 3 heterocycles. The Balaban J connectivity index is 1.54. The summed E-state index contributed by atoms with van der Waals surface area (Å²) in [5, 5.41) is 21.8. The summed E-state index contributed by atoms with van der Waals surface area (Å²) in [5.74, 6) is 0.305. The van der Waals surface area contributed by atoms with Gasteiger partial charge in [0.15, 0.2) is 18.2 Å². The number of aryl methyl sites for hydroxylation is 1. The number of carboxylic acid groups (broad SMARTS) is 1. The van der Waals surface area contributed by atoms with Gasteiger partial charge in [0, 0.05) is 45.7 Å². The SMILES string of the molecule is Cc1[nH]nc2c1[C@H](c1ccc(OCC(=O)O)cc1)C1=C(C[C@H](c3cccs3)CC1=O)N2. The number of ketones is 1. The van der Waals surface area contributed by atoms with Gasteiger partial charge < -0.3 is 15.2 Å². The number of rotatable bonds is 5. The van der Waals surface area contributed by atoms with E-state index in [1.807, 2.05) is 30.5 Å². The number of aromatic amines is 1. The third kappa shape index (κ3) is 3.53. The van der Waals surface area contributed by atoms with Crippen LogP contribution in [0.5, 0.6) is 5.75 Å². The predicted octanol–water partition coefficient (Wildman–Crippen LogP) is 4.20. The summed E-state index contributed by atoms with van der Waals surface area (Å²) in [4.78, 5) is 25.4. The highest BCUT2D eigenvalue weighted by Crippen LogP contribution is 2.48. The number of H-pyrrole nitrogens is 1. The van der Waals surface area contributed by atoms with Crippen molar-refractivity contribution in [1.29, 1.82) is 0 Å². The van der Waals surface area contributed by atoms with Crippen molar-refractivity contribution in [1.82, 2.24) is 10.2 Å². The van der Waals surface area contributed by atoms with Crippen LogP contribution in [0.1, 0.15) is 46.4 Å². The first-order chi connectivity index (χ1) is 15.0. The molecule has 7 nitrogen and oxygen atoms in total. The van der Waals surface area contributed by atoms with Crippen molar-refractivity contribution in [2.75, 3.05) is 11.9 Å². The van der Waals surface area contributed by atoms with Gasteiger partial charge in [-0.05, 0) is 42.5 Å². The van der Waals surface area contributed by atoms with Gasteiger partial charge in [0.05, 0.1) is 0 Å². The molecule has 8 heteroatoms. The number of nitrogens with one attached hydrogen (secondary N) is 2. The average Bonchev–Trinajstić information content (AvgIpc) is 3.42. The zero-order valence-electron chi connectivity index (χ0n) is 16.8. The number of allylic oxidation sites excluding steroid dienone is 2. The Morgan fingerprint density at radius 2 is 2.06 bits per heavy atom. The van der Waals surface area contributed by atoms with Crippen LogP contribution in [0.3, 0.4) is 0 Å². The minimum atomic E-state index is -1.02. The van der Waals surface area contributed by atoms with Gasteiger partial charge in [-0.15, -0.1) is 11.3 Å². The van der Waals surface area contributed by atoms with E-state index >= 15 is 0 Å². The molecular weight excluding hydrogens is 414 g/mol. The summed E-state index contributed by atoms with van der Waals surface area (Å²) in [7, 11) is 0. The third-order valence-electron chi connectivity index (χ3n) is 5.87. The van der Waals surface area contributed by atoms with Crippen LogP contribution in [0.4, 0.5) is 5.82 Å². The molecular formula is C23H21N3O4S. The summed E-state index contributed by atoms with van der Waals surface area (Å²) in [6.07, 6.45) is 1.26. The largest absolute Gasteiger partial charge is 0.482 e. The molecule has 3 aromatic rings. The standard InChI is InChI=1S/C23H21N3O4S/c1-12-20-21(13-4-6-15(7-5-13)30-11-19(28)29)22-16(24-23(20)26-25-12)9-14(10-17(22)27)18-3-2-8-31-18/h2-8,14,21H,9-11H2,1H3,(H,28,29)(H2,24,25,26)/t14-,21-/m0/s1. The maximum absolute atomic E-state index is 13.4. The summed E-state index contributed by atoms with van der Waals surface area (Å²) >= 11 is 1.69. The zero-order chi connectivity index (χ0) is 21.5. The van der Waals surface area contributed by atoms with Crippen molar-refractivity contribution < 1.29 is 19.4 Å². The third-order valence-corrected chi connectivity index (χ3v) is 6.91. The molecule has 1 aromatic carbocycles. The second-order valence-electron chi connectivity index (χ2n) is 7.86. The molecule has 2 aliphatic rings. The topological polar surface area (TPSA) is 104 Å². The molecule has 0 fully saturated rings. The van der Waals surface area contributed by atoms with Crippen molar-refractivity contribution in [3.8, 4) is 5.75 Å². The van der Waals surface area contributed by atoms with Crippen LogP contribution in [0.25, 0.3) is 0 Å². The number of hydrogen-bond donors (Lipinski definition) is 3. The van der Waals surface area contributed by atoms with Crippen LogP contribution in [0, 0.1) is 6.92 Å². The molecule has 0 bridgehead atoms. The zero-order valence-corrected chi connectivity index (χ0v) is 17.7. The summed E-state index contributed by atoms with van der Waals surface area (Å²) in [6.45, 7) is 1.56. The number of carboxylic acids is 1. The lowest BCUT2D eigenvalue weighted by molar-refractivity contribution is -0.139. The fourth-order valence-corrected chi connectivity index (χ4v) is 5.35. The second-order valence-corrected chi connectivity index (χ2v) is 8.84. The Kier molecular flexibility index (Phi) is 4.86. The van der Waals surface area contributed by atoms with E-state index < -0.39 is 12.6 Å². The quantitative estimate of drug-likeness (QED) is 0.555. The minimum absolute atomic E-state index is 0.148. The van der Waals surface area contributed by atoms with E-state index in [2.05, 4.69) is 21.6 Å². The van der Waals surface area contributed by atoms with Gasteiger partial charge in [-0.3, -0.25) is 9.89 Å². The Labute approximate surface area is 182 Å². The minimum Gasteiger partial charge on any atom is -0.482 e. The number of ether oxygens (including phenoxy) is 1. The van der Waals surface area contributed by atoms with Crippen molar-refractivity contribution in [3.63, 3.8) is 0 Å². The van der Waals surface area contributed by atoms with Crippen LogP contribution in [-0.4, -0.2) is 33.7 Å². The molecule has 1 aliphatic heterocycles. The van der Waals surface area contributed by atoms with E-state index in [-0.39, 0.29) is 17.6 Å². The highest BCUT2D eigenvalue weighted by molar-refractivity contribution is 7.10. The molecule has 158 valence electrons. The molecule has 31 heavy (non-hydrogen) atoms. The first-order valence-corrected chi connectivity index (χ1v) is 10.9. The predicted molar refractivity (Wildman–Crippen MR) is 117 cm³/mol. The number of carbonyl (C=O) groups excluding carboxylic acids is 1. The molecule has 0 spiro atoms. The molecule has 0 unspecified atom stereocenters. The molecule has 5 rings (SSSR count). The molecule has 0 radical (unpaired) electrons. The second kappa shape index (κ2) is 7.70. The van der Waals surface area contributed by atoms with Crippen LogP contribution < -0.4 is 10.1 Å². The Bertz CT molecular complexity index is 1180. The molecule has 2 aromatic heterocycles. The number of hydrogen-bond acceptors (Lipinski definition) is 6. The van der Waals surface area contributed by atoms with E-state index in [1.54, 1.807) is 23.5 Å². The average molecular weight is 436 g/mol. The van der Waals surface area contributed by atoms with Gasteiger partial charge in [-0.25, -0.2) is 4.79 Å². The first-order valence-electron chi connectivity index (χ1n) is 10.1. The van der Waals surface area contributed by atoms with Crippen LogP contribution in [-0.2, 0) is 9.59 Å². The monoisotopic (exact) mass is 435 g/mol. The molecule has 2 atom stereocenters. The highest BCUT2D eigenvalue weighted by atomic mass is 32.1. The Morgan fingerprint density at radius 1 is 1.26 bits per heavy atom. The number of nitrogens with zero attached hydrogens (tertiary/aromatic N) is 1. The van der Waals surface area contributed by atoms with Crippen LogP contribution >= 0.6 is 11.3 Å². The smallest absolute Gasteiger partial charge is 0.341 e. The lowest BCUT2D eigenvalue weighted by Gasteiger charge is -2.34. The van der Waals surface area contributed by atoms with Crippen molar-refractivity contribution >= 4 is 28.9 Å². The van der Waals surface area contributed by atoms with Gasteiger partial charge in [-0.2, -0.15) is 5.10 Å². The van der Waals surface area contributed by atoms with Gasteiger partial charge in [0.25, 0.3) is 0 Å². The number of aromatic nitrogens is 2. The van der Waals surface area contributed by atoms with Crippen molar-refractivity contribution in [2.24, 2.45) is 0 Å². The van der Waals surface area contributed by atoms with E-state index in [9.17, 15) is 9.59 Å². The molecule has 1 aliphatic carbocycles. The van der Waals surface area contributed by atoms with E-state index in [1.165, 1.54) is 4.88 Å². The van der Waals surface area contributed by atoms with Crippen molar-refractivity contribution in [2.45, 2.75) is 31.6 Å². The first kappa shape index (κ1) is 19.6. The number of benzene rings is 1. The number of Topliss-reactive ketones (excluding diaryl/α,β-unsaturated/α-hetero) is 1. The fraction of sp³-hybridized carbons (Fsp3) is 0.261. The van der Waals surface area contributed by atoms with Gasteiger partial charge >= 0.3 is 5.97 Å².